The Bertz CT molecular complexity index is 711. The number of rotatable bonds is 2. The van der Waals surface area contributed by atoms with Gasteiger partial charge in [0.2, 0.25) is 5.91 Å². The first-order chi connectivity index (χ1) is 9.30. The zero-order valence-electron chi connectivity index (χ0n) is 12.2. The van der Waals surface area contributed by atoms with Crippen molar-refractivity contribution in [1.29, 1.82) is 0 Å². The summed E-state index contributed by atoms with van der Waals surface area (Å²) >= 11 is 0. The van der Waals surface area contributed by atoms with Gasteiger partial charge in [0.15, 0.2) is 5.43 Å². The maximum atomic E-state index is 12.1. The van der Waals surface area contributed by atoms with Gasteiger partial charge >= 0.3 is 0 Å². The van der Waals surface area contributed by atoms with Gasteiger partial charge in [0, 0.05) is 29.6 Å². The number of aryl methyl sites for hydroxylation is 1. The minimum Gasteiger partial charge on any atom is -0.351 e. The van der Waals surface area contributed by atoms with E-state index in [1.54, 1.807) is 12.3 Å². The van der Waals surface area contributed by atoms with Crippen molar-refractivity contribution in [3.63, 3.8) is 0 Å². The minimum atomic E-state index is -0.482. The first-order valence-electron chi connectivity index (χ1n) is 6.55. The molecule has 0 bridgehead atoms. The van der Waals surface area contributed by atoms with Crippen molar-refractivity contribution in [2.75, 3.05) is 0 Å². The van der Waals surface area contributed by atoms with Crippen LogP contribution in [0.5, 0.6) is 0 Å². The third-order valence-corrected chi connectivity index (χ3v) is 3.14. The lowest BCUT2D eigenvalue weighted by Crippen LogP contribution is -2.35. The predicted molar refractivity (Wildman–Crippen MR) is 77.5 cm³/mol. The summed E-state index contributed by atoms with van der Waals surface area (Å²) in [6, 6.07) is 3.37. The predicted octanol–water partition coefficient (Wildman–Crippen LogP) is 1.67. The molecule has 0 radical (unpaired) electrons. The number of carbonyl (C=O) groups excluding carboxylic acids is 1. The van der Waals surface area contributed by atoms with Gasteiger partial charge in [0.1, 0.15) is 5.65 Å². The van der Waals surface area contributed by atoms with Gasteiger partial charge in [-0.15, -0.1) is 0 Å². The summed E-state index contributed by atoms with van der Waals surface area (Å²) in [5, 5.41) is 2.80. The second kappa shape index (κ2) is 5.07. The fourth-order valence-electron chi connectivity index (χ4n) is 1.94. The Morgan fingerprint density at radius 1 is 1.40 bits per heavy atom. The van der Waals surface area contributed by atoms with Gasteiger partial charge in [-0.05, 0) is 13.0 Å². The molecule has 0 spiro atoms. The summed E-state index contributed by atoms with van der Waals surface area (Å²) in [7, 11) is 0. The molecular formula is C15H19N3O2. The molecule has 2 rings (SSSR count). The van der Waals surface area contributed by atoms with E-state index >= 15 is 0 Å². The van der Waals surface area contributed by atoms with E-state index in [9.17, 15) is 9.59 Å². The van der Waals surface area contributed by atoms with Gasteiger partial charge < -0.3 is 9.72 Å². The average molecular weight is 273 g/mol. The highest BCUT2D eigenvalue weighted by atomic mass is 16.2. The summed E-state index contributed by atoms with van der Waals surface area (Å²) in [5.74, 6) is -0.0912. The van der Waals surface area contributed by atoms with Gasteiger partial charge in [-0.1, -0.05) is 20.8 Å². The third-order valence-electron chi connectivity index (χ3n) is 3.14. The molecule has 106 valence electrons. The smallest absolute Gasteiger partial charge is 0.225 e. The Labute approximate surface area is 117 Å². The van der Waals surface area contributed by atoms with Crippen molar-refractivity contribution in [2.45, 2.75) is 34.2 Å². The molecule has 5 heteroatoms. The number of nitrogens with one attached hydrogen (secondary N) is 1. The number of hydrogen-bond donors (Lipinski definition) is 1. The lowest BCUT2D eigenvalue weighted by molar-refractivity contribution is -0.128. The van der Waals surface area contributed by atoms with E-state index in [0.717, 1.165) is 5.69 Å². The van der Waals surface area contributed by atoms with Crippen LogP contribution < -0.4 is 10.7 Å². The molecule has 0 saturated carbocycles. The second-order valence-electron chi connectivity index (χ2n) is 5.87. The van der Waals surface area contributed by atoms with Gasteiger partial charge in [0.25, 0.3) is 0 Å². The number of carbonyl (C=O) groups is 1. The topological polar surface area (TPSA) is 63.5 Å². The summed E-state index contributed by atoms with van der Waals surface area (Å²) < 4.78 is 1.85. The van der Waals surface area contributed by atoms with Crippen LogP contribution in [0.25, 0.3) is 5.65 Å². The summed E-state index contributed by atoms with van der Waals surface area (Å²) in [5.41, 5.74) is 1.34. The largest absolute Gasteiger partial charge is 0.351 e. The monoisotopic (exact) mass is 273 g/mol. The number of aromatic nitrogens is 2. The summed E-state index contributed by atoms with van der Waals surface area (Å²) in [4.78, 5) is 28.3. The SMILES string of the molecule is Cc1cc(=O)c(CNC(=O)C(C)(C)C)c2ncccn12. The number of hydrogen-bond acceptors (Lipinski definition) is 3. The van der Waals surface area contributed by atoms with Gasteiger partial charge in [-0.2, -0.15) is 0 Å². The highest BCUT2D eigenvalue weighted by molar-refractivity contribution is 5.81. The van der Waals surface area contributed by atoms with E-state index < -0.39 is 5.41 Å². The molecule has 1 amide bonds. The molecule has 0 aliphatic carbocycles. The highest BCUT2D eigenvalue weighted by Crippen LogP contribution is 2.13. The molecule has 0 saturated heterocycles. The molecule has 0 atom stereocenters. The van der Waals surface area contributed by atoms with Crippen molar-refractivity contribution in [2.24, 2.45) is 5.41 Å². The van der Waals surface area contributed by atoms with E-state index in [0.29, 0.717) is 11.2 Å². The first kappa shape index (κ1) is 14.2. The number of pyridine rings is 1. The van der Waals surface area contributed by atoms with Crippen LogP contribution in [0.1, 0.15) is 32.0 Å². The molecule has 0 aliphatic rings. The zero-order valence-corrected chi connectivity index (χ0v) is 12.2. The van der Waals surface area contributed by atoms with Crippen LogP contribution >= 0.6 is 0 Å². The van der Waals surface area contributed by atoms with Crippen LogP contribution in [0.4, 0.5) is 0 Å². The fourth-order valence-corrected chi connectivity index (χ4v) is 1.94. The van der Waals surface area contributed by atoms with Crippen LogP contribution in [0, 0.1) is 12.3 Å². The van der Waals surface area contributed by atoms with Crippen LogP contribution in [-0.2, 0) is 11.3 Å². The maximum absolute atomic E-state index is 12.1. The molecule has 2 aromatic rings. The number of nitrogens with zero attached hydrogens (tertiary/aromatic N) is 2. The Morgan fingerprint density at radius 3 is 2.75 bits per heavy atom. The lowest BCUT2D eigenvalue weighted by atomic mass is 9.95. The Balaban J connectivity index is 2.40. The maximum Gasteiger partial charge on any atom is 0.225 e. The van der Waals surface area contributed by atoms with Crippen molar-refractivity contribution in [3.8, 4) is 0 Å². The number of fused-ring (bicyclic) bond motifs is 1. The molecule has 2 aromatic heterocycles. The molecule has 2 heterocycles. The van der Waals surface area contributed by atoms with Gasteiger partial charge in [-0.3, -0.25) is 9.59 Å². The molecule has 1 N–H and O–H groups in total. The standard InChI is InChI=1S/C15H19N3O2/c1-10-8-12(19)11(9-17-14(20)15(2,3)4)13-16-6-5-7-18(10)13/h5-8H,9H2,1-4H3,(H,17,20). The highest BCUT2D eigenvalue weighted by Gasteiger charge is 2.21. The van der Waals surface area contributed by atoms with Crippen LogP contribution in [0.2, 0.25) is 0 Å². The van der Waals surface area contributed by atoms with Crippen LogP contribution in [0.3, 0.4) is 0 Å². The van der Waals surface area contributed by atoms with E-state index in [4.69, 9.17) is 0 Å². The molecule has 20 heavy (non-hydrogen) atoms. The quantitative estimate of drug-likeness (QED) is 0.905. The molecule has 0 unspecified atom stereocenters. The molecular weight excluding hydrogens is 254 g/mol. The Morgan fingerprint density at radius 2 is 2.10 bits per heavy atom. The normalized spacial score (nSPS) is 11.6. The zero-order chi connectivity index (χ0) is 14.9. The average Bonchev–Trinajstić information content (AvgIpc) is 2.37. The summed E-state index contributed by atoms with van der Waals surface area (Å²) in [6.45, 7) is 7.55. The van der Waals surface area contributed by atoms with Crippen molar-refractivity contribution >= 4 is 11.6 Å². The fraction of sp³-hybridized carbons (Fsp3) is 0.400. The summed E-state index contributed by atoms with van der Waals surface area (Å²) in [6.07, 6.45) is 3.50. The van der Waals surface area contributed by atoms with E-state index in [-0.39, 0.29) is 17.9 Å². The Hall–Kier alpha value is -2.17. The molecule has 0 aromatic carbocycles. The molecule has 5 nitrogen and oxygen atoms in total. The van der Waals surface area contributed by atoms with E-state index in [1.165, 1.54) is 0 Å². The van der Waals surface area contributed by atoms with Gasteiger partial charge in [-0.25, -0.2) is 4.98 Å². The first-order valence-corrected chi connectivity index (χ1v) is 6.55. The van der Waals surface area contributed by atoms with Crippen molar-refractivity contribution < 1.29 is 4.79 Å². The lowest BCUT2D eigenvalue weighted by Gasteiger charge is -2.18. The van der Waals surface area contributed by atoms with E-state index in [2.05, 4.69) is 10.3 Å². The van der Waals surface area contributed by atoms with Crippen LogP contribution in [0.15, 0.2) is 29.3 Å². The minimum absolute atomic E-state index is 0.0912. The molecule has 0 aliphatic heterocycles. The number of amides is 1. The Kier molecular flexibility index (Phi) is 3.61. The van der Waals surface area contributed by atoms with Crippen LogP contribution in [-0.4, -0.2) is 15.3 Å². The third kappa shape index (κ3) is 2.71. The van der Waals surface area contributed by atoms with Crippen molar-refractivity contribution in [1.82, 2.24) is 14.7 Å². The van der Waals surface area contributed by atoms with Gasteiger partial charge in [0.05, 0.1) is 12.1 Å². The van der Waals surface area contributed by atoms with Crippen molar-refractivity contribution in [3.05, 3.63) is 46.0 Å². The molecule has 0 fully saturated rings. The van der Waals surface area contributed by atoms with E-state index in [1.807, 2.05) is 44.4 Å². The second-order valence-corrected chi connectivity index (χ2v) is 5.87.